The molecule has 1 saturated heterocycles. The van der Waals surface area contributed by atoms with Crippen LogP contribution < -0.4 is 5.32 Å². The quantitative estimate of drug-likeness (QED) is 0.795. The summed E-state index contributed by atoms with van der Waals surface area (Å²) in [5.41, 5.74) is 1.04. The van der Waals surface area contributed by atoms with Crippen LogP contribution in [0.2, 0.25) is 0 Å². The van der Waals surface area contributed by atoms with E-state index in [9.17, 15) is 0 Å². The molecule has 1 aliphatic rings. The van der Waals surface area contributed by atoms with Gasteiger partial charge in [0.2, 0.25) is 5.95 Å². The Morgan fingerprint density at radius 3 is 3.06 bits per heavy atom. The average Bonchev–Trinajstić information content (AvgIpc) is 2.69. The molecule has 1 aliphatic heterocycles. The van der Waals surface area contributed by atoms with Crippen LogP contribution >= 0.6 is 0 Å². The minimum absolute atomic E-state index is 0.706. The van der Waals surface area contributed by atoms with E-state index in [4.69, 9.17) is 4.74 Å². The predicted octanol–water partition coefficient (Wildman–Crippen LogP) is 2.22. The molecule has 0 spiro atoms. The van der Waals surface area contributed by atoms with Crippen LogP contribution in [0.1, 0.15) is 18.5 Å². The van der Waals surface area contributed by atoms with Gasteiger partial charge in [0.05, 0.1) is 5.69 Å². The lowest BCUT2D eigenvalue weighted by Crippen LogP contribution is -2.23. The van der Waals surface area contributed by atoms with Crippen molar-refractivity contribution in [2.75, 3.05) is 25.1 Å². The number of rotatable bonds is 5. The molecule has 0 bridgehead atoms. The molecule has 4 heteroatoms. The molecule has 2 rings (SSSR count). The standard InChI is InChI=1S/C13H21N3O/c1-3-6-16-10-11(2)15-13(16)14-9-12-4-7-17-8-5-12/h3,10,12H,1,4-9H2,2H3,(H,14,15). The molecule has 0 saturated carbocycles. The molecule has 0 aliphatic carbocycles. The van der Waals surface area contributed by atoms with Crippen molar-refractivity contribution in [1.29, 1.82) is 0 Å². The normalized spacial score (nSPS) is 17.0. The fourth-order valence-electron chi connectivity index (χ4n) is 2.15. The maximum Gasteiger partial charge on any atom is 0.203 e. The summed E-state index contributed by atoms with van der Waals surface area (Å²) in [7, 11) is 0. The minimum Gasteiger partial charge on any atom is -0.381 e. The number of ether oxygens (including phenoxy) is 1. The van der Waals surface area contributed by atoms with Crippen LogP contribution in [0, 0.1) is 12.8 Å². The Kier molecular flexibility index (Phi) is 4.20. The highest BCUT2D eigenvalue weighted by Crippen LogP contribution is 2.16. The largest absolute Gasteiger partial charge is 0.381 e. The average molecular weight is 235 g/mol. The molecular weight excluding hydrogens is 214 g/mol. The fourth-order valence-corrected chi connectivity index (χ4v) is 2.15. The summed E-state index contributed by atoms with van der Waals surface area (Å²) < 4.78 is 7.46. The molecule has 0 aromatic carbocycles. The van der Waals surface area contributed by atoms with E-state index in [0.29, 0.717) is 5.92 Å². The lowest BCUT2D eigenvalue weighted by molar-refractivity contribution is 0.0699. The number of hydrogen-bond donors (Lipinski definition) is 1. The van der Waals surface area contributed by atoms with Crippen molar-refractivity contribution in [3.8, 4) is 0 Å². The van der Waals surface area contributed by atoms with Gasteiger partial charge in [0.15, 0.2) is 0 Å². The third-order valence-electron chi connectivity index (χ3n) is 3.11. The van der Waals surface area contributed by atoms with Crippen molar-refractivity contribution < 1.29 is 4.74 Å². The molecule has 1 fully saturated rings. The second-order valence-corrected chi connectivity index (χ2v) is 4.58. The van der Waals surface area contributed by atoms with Crippen molar-refractivity contribution in [1.82, 2.24) is 9.55 Å². The molecule has 2 heterocycles. The first kappa shape index (κ1) is 12.2. The SMILES string of the molecule is C=CCn1cc(C)nc1NCC1CCOCC1. The summed E-state index contributed by atoms with van der Waals surface area (Å²) in [6.07, 6.45) is 6.23. The van der Waals surface area contributed by atoms with Crippen LogP contribution in [0.25, 0.3) is 0 Å². The van der Waals surface area contributed by atoms with Crippen molar-refractivity contribution in [2.45, 2.75) is 26.3 Å². The Balaban J connectivity index is 1.90. The second kappa shape index (κ2) is 5.87. The van der Waals surface area contributed by atoms with Gasteiger partial charge in [0.1, 0.15) is 0 Å². The van der Waals surface area contributed by atoms with Crippen LogP contribution in [0.15, 0.2) is 18.9 Å². The van der Waals surface area contributed by atoms with E-state index < -0.39 is 0 Å². The van der Waals surface area contributed by atoms with Gasteiger partial charge in [0.25, 0.3) is 0 Å². The van der Waals surface area contributed by atoms with Gasteiger partial charge in [-0.3, -0.25) is 0 Å². The fraction of sp³-hybridized carbons (Fsp3) is 0.615. The van der Waals surface area contributed by atoms with Crippen molar-refractivity contribution in [2.24, 2.45) is 5.92 Å². The van der Waals surface area contributed by atoms with Gasteiger partial charge in [-0.25, -0.2) is 4.98 Å². The first-order chi connectivity index (χ1) is 8.29. The highest BCUT2D eigenvalue weighted by molar-refractivity contribution is 5.29. The zero-order chi connectivity index (χ0) is 12.1. The molecule has 1 N–H and O–H groups in total. The Morgan fingerprint density at radius 1 is 1.59 bits per heavy atom. The van der Waals surface area contributed by atoms with E-state index in [0.717, 1.165) is 50.8 Å². The minimum atomic E-state index is 0.706. The first-order valence-electron chi connectivity index (χ1n) is 6.26. The van der Waals surface area contributed by atoms with Gasteiger partial charge < -0.3 is 14.6 Å². The summed E-state index contributed by atoms with van der Waals surface area (Å²) in [6, 6.07) is 0. The lowest BCUT2D eigenvalue weighted by atomic mass is 10.0. The van der Waals surface area contributed by atoms with Crippen LogP contribution in [0.4, 0.5) is 5.95 Å². The predicted molar refractivity (Wildman–Crippen MR) is 69.2 cm³/mol. The van der Waals surface area contributed by atoms with Crippen molar-refractivity contribution in [3.63, 3.8) is 0 Å². The number of nitrogens with one attached hydrogen (secondary N) is 1. The summed E-state index contributed by atoms with van der Waals surface area (Å²) >= 11 is 0. The number of anilines is 1. The summed E-state index contributed by atoms with van der Waals surface area (Å²) in [6.45, 7) is 9.35. The van der Waals surface area contributed by atoms with Gasteiger partial charge in [-0.05, 0) is 25.7 Å². The number of nitrogens with zero attached hydrogens (tertiary/aromatic N) is 2. The zero-order valence-electron chi connectivity index (χ0n) is 10.5. The van der Waals surface area contributed by atoms with Crippen LogP contribution in [-0.2, 0) is 11.3 Å². The lowest BCUT2D eigenvalue weighted by Gasteiger charge is -2.22. The number of aryl methyl sites for hydroxylation is 1. The van der Waals surface area contributed by atoms with Crippen LogP contribution in [0.3, 0.4) is 0 Å². The summed E-state index contributed by atoms with van der Waals surface area (Å²) in [5, 5.41) is 3.44. The third-order valence-corrected chi connectivity index (χ3v) is 3.11. The van der Waals surface area contributed by atoms with Crippen LogP contribution in [-0.4, -0.2) is 29.3 Å². The van der Waals surface area contributed by atoms with Crippen molar-refractivity contribution in [3.05, 3.63) is 24.5 Å². The molecule has 17 heavy (non-hydrogen) atoms. The number of allylic oxidation sites excluding steroid dienone is 1. The molecule has 4 nitrogen and oxygen atoms in total. The Morgan fingerprint density at radius 2 is 2.35 bits per heavy atom. The molecule has 0 unspecified atom stereocenters. The molecule has 1 aromatic rings. The number of hydrogen-bond acceptors (Lipinski definition) is 3. The highest BCUT2D eigenvalue weighted by atomic mass is 16.5. The monoisotopic (exact) mass is 235 g/mol. The Bertz CT molecular complexity index is 367. The van der Waals surface area contributed by atoms with Gasteiger partial charge >= 0.3 is 0 Å². The van der Waals surface area contributed by atoms with E-state index in [-0.39, 0.29) is 0 Å². The van der Waals surface area contributed by atoms with E-state index in [1.165, 1.54) is 0 Å². The van der Waals surface area contributed by atoms with Crippen LogP contribution in [0.5, 0.6) is 0 Å². The van der Waals surface area contributed by atoms with E-state index >= 15 is 0 Å². The second-order valence-electron chi connectivity index (χ2n) is 4.58. The maximum atomic E-state index is 5.36. The molecule has 0 radical (unpaired) electrons. The third kappa shape index (κ3) is 3.33. The topological polar surface area (TPSA) is 39.1 Å². The molecular formula is C13H21N3O. The van der Waals surface area contributed by atoms with E-state index in [2.05, 4.69) is 21.4 Å². The molecule has 1 aromatic heterocycles. The summed E-state index contributed by atoms with van der Waals surface area (Å²) in [5.74, 6) is 1.66. The zero-order valence-corrected chi connectivity index (χ0v) is 10.5. The summed E-state index contributed by atoms with van der Waals surface area (Å²) in [4.78, 5) is 4.49. The Labute approximate surface area is 103 Å². The number of imidazole rings is 1. The molecule has 0 atom stereocenters. The van der Waals surface area contributed by atoms with Gasteiger partial charge in [-0.15, -0.1) is 6.58 Å². The van der Waals surface area contributed by atoms with Gasteiger partial charge in [0, 0.05) is 32.5 Å². The number of aromatic nitrogens is 2. The molecule has 94 valence electrons. The van der Waals surface area contributed by atoms with Gasteiger partial charge in [-0.2, -0.15) is 0 Å². The van der Waals surface area contributed by atoms with E-state index in [1.807, 2.05) is 19.2 Å². The van der Waals surface area contributed by atoms with E-state index in [1.54, 1.807) is 0 Å². The maximum absolute atomic E-state index is 5.36. The first-order valence-corrected chi connectivity index (χ1v) is 6.26. The highest BCUT2D eigenvalue weighted by Gasteiger charge is 2.14. The van der Waals surface area contributed by atoms with Gasteiger partial charge in [-0.1, -0.05) is 6.08 Å². The molecule has 0 amide bonds. The smallest absolute Gasteiger partial charge is 0.203 e. The Hall–Kier alpha value is -1.29. The van der Waals surface area contributed by atoms with Crippen molar-refractivity contribution >= 4 is 5.95 Å².